The molecule has 5 nitrogen and oxygen atoms in total. The molecule has 0 saturated heterocycles. The zero-order valence-corrected chi connectivity index (χ0v) is 14.1. The molecular formula is C17H11ClN4OS. The normalized spacial score (nSPS) is 11.1. The molecule has 0 bridgehead atoms. The van der Waals surface area contributed by atoms with Crippen molar-refractivity contribution in [3.05, 3.63) is 58.9 Å². The average molecular weight is 355 g/mol. The molecule has 2 heterocycles. The lowest BCUT2D eigenvalue weighted by molar-refractivity contribution is 0.102. The Morgan fingerprint density at radius 2 is 1.92 bits per heavy atom. The first-order valence-electron chi connectivity index (χ1n) is 7.20. The minimum Gasteiger partial charge on any atom is -0.296 e. The van der Waals surface area contributed by atoms with Gasteiger partial charge in [-0.15, -0.1) is 0 Å². The van der Waals surface area contributed by atoms with E-state index in [1.165, 1.54) is 17.5 Å². The lowest BCUT2D eigenvalue weighted by atomic mass is 10.2. The van der Waals surface area contributed by atoms with Crippen LogP contribution in [0, 0.1) is 6.92 Å². The van der Waals surface area contributed by atoms with Crippen LogP contribution in [-0.2, 0) is 0 Å². The van der Waals surface area contributed by atoms with E-state index in [0.717, 1.165) is 21.3 Å². The fourth-order valence-electron chi connectivity index (χ4n) is 2.38. The summed E-state index contributed by atoms with van der Waals surface area (Å²) in [6.45, 7) is 1.91. The van der Waals surface area contributed by atoms with Crippen molar-refractivity contribution in [1.82, 2.24) is 15.0 Å². The number of aromatic nitrogens is 3. The first kappa shape index (κ1) is 15.0. The summed E-state index contributed by atoms with van der Waals surface area (Å²) in [6.07, 6.45) is 1.47. The Morgan fingerprint density at radius 3 is 2.75 bits per heavy atom. The fraction of sp³-hybridized carbons (Fsp3) is 0.0588. The molecule has 1 amide bonds. The van der Waals surface area contributed by atoms with Crippen LogP contribution in [0.3, 0.4) is 0 Å². The Kier molecular flexibility index (Phi) is 3.63. The summed E-state index contributed by atoms with van der Waals surface area (Å²) in [4.78, 5) is 25.5. The summed E-state index contributed by atoms with van der Waals surface area (Å²) in [6, 6.07) is 11.1. The molecule has 2 aromatic heterocycles. The van der Waals surface area contributed by atoms with Crippen LogP contribution in [0.1, 0.15) is 16.1 Å². The van der Waals surface area contributed by atoms with E-state index in [9.17, 15) is 4.79 Å². The second kappa shape index (κ2) is 5.81. The molecule has 118 valence electrons. The zero-order valence-electron chi connectivity index (χ0n) is 12.6. The number of carbonyl (C=O) groups excluding carboxylic acids is 1. The predicted octanol–water partition coefficient (Wildman–Crippen LogP) is 4.45. The van der Waals surface area contributed by atoms with E-state index in [4.69, 9.17) is 11.6 Å². The monoisotopic (exact) mass is 354 g/mol. The molecule has 24 heavy (non-hydrogen) atoms. The molecule has 0 aliphatic carbocycles. The second-order valence-electron chi connectivity index (χ2n) is 5.24. The summed E-state index contributed by atoms with van der Waals surface area (Å²) in [7, 11) is 0. The molecule has 0 saturated carbocycles. The van der Waals surface area contributed by atoms with Crippen LogP contribution in [0.2, 0.25) is 5.02 Å². The highest BCUT2D eigenvalue weighted by molar-refractivity contribution is 7.22. The topological polar surface area (TPSA) is 67.8 Å². The van der Waals surface area contributed by atoms with Gasteiger partial charge in [0.2, 0.25) is 0 Å². The number of fused-ring (bicyclic) bond motifs is 2. The van der Waals surface area contributed by atoms with Crippen molar-refractivity contribution in [3.8, 4) is 0 Å². The van der Waals surface area contributed by atoms with Gasteiger partial charge >= 0.3 is 0 Å². The van der Waals surface area contributed by atoms with Crippen LogP contribution in [-0.4, -0.2) is 20.9 Å². The highest BCUT2D eigenvalue weighted by Gasteiger charge is 2.14. The fourth-order valence-corrected chi connectivity index (χ4v) is 3.45. The minimum atomic E-state index is -0.337. The number of carbonyl (C=O) groups is 1. The Hall–Kier alpha value is -2.57. The van der Waals surface area contributed by atoms with Crippen LogP contribution < -0.4 is 5.32 Å². The highest BCUT2D eigenvalue weighted by atomic mass is 35.5. The lowest BCUT2D eigenvalue weighted by Crippen LogP contribution is -2.13. The van der Waals surface area contributed by atoms with Gasteiger partial charge in [0.15, 0.2) is 5.13 Å². The molecule has 1 N–H and O–H groups in total. The third-order valence-electron chi connectivity index (χ3n) is 3.65. The van der Waals surface area contributed by atoms with Gasteiger partial charge in [-0.05, 0) is 36.8 Å². The van der Waals surface area contributed by atoms with Crippen LogP contribution in [0.25, 0.3) is 21.3 Å². The lowest BCUT2D eigenvalue weighted by Gasteiger charge is -2.02. The number of hydrogen-bond acceptors (Lipinski definition) is 5. The molecule has 0 unspecified atom stereocenters. The first-order valence-corrected chi connectivity index (χ1v) is 8.40. The number of thiazole rings is 1. The van der Waals surface area contributed by atoms with Crippen molar-refractivity contribution in [2.75, 3.05) is 5.32 Å². The van der Waals surface area contributed by atoms with Crippen molar-refractivity contribution < 1.29 is 4.79 Å². The number of anilines is 1. The maximum Gasteiger partial charge on any atom is 0.277 e. The summed E-state index contributed by atoms with van der Waals surface area (Å²) in [5.74, 6) is -0.337. The number of para-hydroxylation sites is 2. The maximum absolute atomic E-state index is 12.4. The molecule has 0 spiro atoms. The summed E-state index contributed by atoms with van der Waals surface area (Å²) < 4.78 is 0.969. The summed E-state index contributed by atoms with van der Waals surface area (Å²) >= 11 is 7.51. The van der Waals surface area contributed by atoms with Gasteiger partial charge in [-0.25, -0.2) is 9.97 Å². The second-order valence-corrected chi connectivity index (χ2v) is 6.67. The van der Waals surface area contributed by atoms with E-state index in [-0.39, 0.29) is 11.6 Å². The molecule has 0 aliphatic heterocycles. The highest BCUT2D eigenvalue weighted by Crippen LogP contribution is 2.31. The Bertz CT molecular complexity index is 1090. The summed E-state index contributed by atoms with van der Waals surface area (Å²) in [5, 5.41) is 3.95. The van der Waals surface area contributed by atoms with Gasteiger partial charge in [0.25, 0.3) is 5.91 Å². The van der Waals surface area contributed by atoms with E-state index < -0.39 is 0 Å². The van der Waals surface area contributed by atoms with E-state index >= 15 is 0 Å². The molecule has 0 fully saturated rings. The molecule has 2 aromatic carbocycles. The Morgan fingerprint density at radius 1 is 1.12 bits per heavy atom. The third kappa shape index (κ3) is 2.60. The predicted molar refractivity (Wildman–Crippen MR) is 96.9 cm³/mol. The molecular weight excluding hydrogens is 344 g/mol. The number of aryl methyl sites for hydroxylation is 1. The Balaban J connectivity index is 1.66. The third-order valence-corrected chi connectivity index (χ3v) is 5.00. The number of benzene rings is 2. The van der Waals surface area contributed by atoms with Crippen LogP contribution in [0.5, 0.6) is 0 Å². The van der Waals surface area contributed by atoms with Gasteiger partial charge in [0.05, 0.1) is 27.4 Å². The molecule has 4 aromatic rings. The number of halogens is 1. The quantitative estimate of drug-likeness (QED) is 0.577. The van der Waals surface area contributed by atoms with Crippen molar-refractivity contribution in [3.63, 3.8) is 0 Å². The van der Waals surface area contributed by atoms with Crippen LogP contribution in [0.4, 0.5) is 5.13 Å². The largest absolute Gasteiger partial charge is 0.296 e. The zero-order chi connectivity index (χ0) is 16.7. The van der Waals surface area contributed by atoms with Crippen LogP contribution >= 0.6 is 22.9 Å². The van der Waals surface area contributed by atoms with Gasteiger partial charge < -0.3 is 0 Å². The smallest absolute Gasteiger partial charge is 0.277 e. The van der Waals surface area contributed by atoms with Crippen molar-refractivity contribution >= 4 is 55.2 Å². The van der Waals surface area contributed by atoms with Crippen LogP contribution in [0.15, 0.2) is 42.6 Å². The average Bonchev–Trinajstić information content (AvgIpc) is 3.01. The van der Waals surface area contributed by atoms with Gasteiger partial charge in [-0.1, -0.05) is 35.1 Å². The van der Waals surface area contributed by atoms with Gasteiger partial charge in [-0.3, -0.25) is 15.1 Å². The summed E-state index contributed by atoms with van der Waals surface area (Å²) in [5.41, 5.74) is 3.38. The number of rotatable bonds is 2. The van der Waals surface area contributed by atoms with Gasteiger partial charge in [0.1, 0.15) is 5.69 Å². The van der Waals surface area contributed by atoms with E-state index in [0.29, 0.717) is 15.7 Å². The Labute approximate surface area is 146 Å². The first-order chi connectivity index (χ1) is 11.6. The molecule has 7 heteroatoms. The van der Waals surface area contributed by atoms with E-state index in [2.05, 4.69) is 20.3 Å². The molecule has 0 atom stereocenters. The number of amides is 1. The van der Waals surface area contributed by atoms with Gasteiger partial charge in [-0.2, -0.15) is 0 Å². The number of hydrogen-bond donors (Lipinski definition) is 1. The van der Waals surface area contributed by atoms with Gasteiger partial charge in [0, 0.05) is 5.02 Å². The number of nitrogens with one attached hydrogen (secondary N) is 1. The van der Waals surface area contributed by atoms with E-state index in [1.807, 2.05) is 43.3 Å². The minimum absolute atomic E-state index is 0.253. The van der Waals surface area contributed by atoms with Crippen molar-refractivity contribution in [1.29, 1.82) is 0 Å². The van der Waals surface area contributed by atoms with Crippen molar-refractivity contribution in [2.24, 2.45) is 0 Å². The van der Waals surface area contributed by atoms with Crippen molar-refractivity contribution in [2.45, 2.75) is 6.92 Å². The maximum atomic E-state index is 12.4. The molecule has 4 rings (SSSR count). The SMILES string of the molecule is Cc1c(Cl)ccc2sc(NC(=O)c3cnc4ccccc4n3)nc12. The molecule has 0 radical (unpaired) electrons. The standard InChI is InChI=1S/C17H11ClN4OS/c1-9-10(18)6-7-14-15(9)21-17(24-14)22-16(23)13-8-19-11-4-2-3-5-12(11)20-13/h2-8H,1H3,(H,21,22,23). The number of nitrogens with zero attached hydrogens (tertiary/aromatic N) is 3. The van der Waals surface area contributed by atoms with E-state index in [1.54, 1.807) is 0 Å². The molecule has 0 aliphatic rings.